The summed E-state index contributed by atoms with van der Waals surface area (Å²) >= 11 is 0. The van der Waals surface area contributed by atoms with E-state index in [1.165, 1.54) is 10.6 Å². The highest BCUT2D eigenvalue weighted by Crippen LogP contribution is 2.17. The first-order chi connectivity index (χ1) is 10.6. The fourth-order valence-electron chi connectivity index (χ4n) is 2.20. The minimum atomic E-state index is -3.19. The summed E-state index contributed by atoms with van der Waals surface area (Å²) in [5.41, 5.74) is -0.152. The zero-order valence-electron chi connectivity index (χ0n) is 14.0. The number of nitrogens with zero attached hydrogens (tertiary/aromatic N) is 4. The molecule has 9 nitrogen and oxygen atoms in total. The molecule has 1 saturated heterocycles. The first kappa shape index (κ1) is 17.7. The molecule has 0 aliphatic carbocycles. The number of urea groups is 1. The SMILES string of the molecule is CC(C)(C)c1n[nH]c(CNC(=O)N2CCN(S(C)(=O)=O)CC2)n1. The van der Waals surface area contributed by atoms with Gasteiger partial charge in [0, 0.05) is 31.6 Å². The molecule has 1 aromatic heterocycles. The molecule has 2 N–H and O–H groups in total. The highest BCUT2D eigenvalue weighted by Gasteiger charge is 2.26. The van der Waals surface area contributed by atoms with Crippen LogP contribution in [-0.2, 0) is 22.0 Å². The summed E-state index contributed by atoms with van der Waals surface area (Å²) in [6, 6.07) is -0.230. The lowest BCUT2D eigenvalue weighted by molar-refractivity contribution is 0.172. The topological polar surface area (TPSA) is 111 Å². The van der Waals surface area contributed by atoms with Crippen LogP contribution in [0, 0.1) is 0 Å². The third-order valence-corrected chi connectivity index (χ3v) is 4.91. The van der Waals surface area contributed by atoms with E-state index >= 15 is 0 Å². The van der Waals surface area contributed by atoms with Crippen LogP contribution in [0.25, 0.3) is 0 Å². The third-order valence-electron chi connectivity index (χ3n) is 3.60. The number of rotatable bonds is 3. The summed E-state index contributed by atoms with van der Waals surface area (Å²) in [5.74, 6) is 1.29. The van der Waals surface area contributed by atoms with Crippen LogP contribution in [0.15, 0.2) is 0 Å². The number of sulfonamides is 1. The molecule has 2 rings (SSSR count). The van der Waals surface area contributed by atoms with Gasteiger partial charge in [-0.15, -0.1) is 0 Å². The van der Waals surface area contributed by atoms with Crippen molar-refractivity contribution < 1.29 is 13.2 Å². The number of hydrogen-bond acceptors (Lipinski definition) is 5. The van der Waals surface area contributed by atoms with Crippen LogP contribution in [0.5, 0.6) is 0 Å². The number of carbonyl (C=O) groups is 1. The summed E-state index contributed by atoms with van der Waals surface area (Å²) in [7, 11) is -3.19. The van der Waals surface area contributed by atoms with Crippen LogP contribution < -0.4 is 5.32 Å². The minimum absolute atomic E-state index is 0.152. The Morgan fingerprint density at radius 3 is 2.35 bits per heavy atom. The van der Waals surface area contributed by atoms with Crippen LogP contribution in [0.3, 0.4) is 0 Å². The van der Waals surface area contributed by atoms with E-state index < -0.39 is 10.0 Å². The second-order valence-corrected chi connectivity index (χ2v) is 8.65. The van der Waals surface area contributed by atoms with Crippen molar-refractivity contribution in [1.82, 2.24) is 29.7 Å². The highest BCUT2D eigenvalue weighted by atomic mass is 32.2. The van der Waals surface area contributed by atoms with Gasteiger partial charge in [0.2, 0.25) is 10.0 Å². The molecular formula is C13H24N6O3S. The molecule has 1 aliphatic heterocycles. The van der Waals surface area contributed by atoms with Gasteiger partial charge >= 0.3 is 6.03 Å². The Balaban J connectivity index is 1.83. The summed E-state index contributed by atoms with van der Waals surface area (Å²) < 4.78 is 24.3. The van der Waals surface area contributed by atoms with Crippen molar-refractivity contribution in [3.05, 3.63) is 11.6 Å². The van der Waals surface area contributed by atoms with Crippen molar-refractivity contribution in [2.24, 2.45) is 0 Å². The molecule has 0 aromatic carbocycles. The van der Waals surface area contributed by atoms with E-state index in [0.717, 1.165) is 0 Å². The van der Waals surface area contributed by atoms with E-state index in [2.05, 4.69) is 20.5 Å². The number of hydrogen-bond donors (Lipinski definition) is 2. The standard InChI is InChI=1S/C13H24N6O3S/c1-13(2,3)11-15-10(16-17-11)9-14-12(20)18-5-7-19(8-6-18)23(4,21)22/h5-9H2,1-4H3,(H,14,20)(H,15,16,17). The van der Waals surface area contributed by atoms with Gasteiger partial charge < -0.3 is 10.2 Å². The predicted molar refractivity (Wildman–Crippen MR) is 85.3 cm³/mol. The Labute approximate surface area is 136 Å². The van der Waals surface area contributed by atoms with E-state index in [1.807, 2.05) is 20.8 Å². The zero-order chi connectivity index (χ0) is 17.3. The first-order valence-electron chi connectivity index (χ1n) is 7.47. The molecule has 0 spiro atoms. The maximum atomic E-state index is 12.1. The fourth-order valence-corrected chi connectivity index (χ4v) is 3.03. The number of piperazine rings is 1. The Morgan fingerprint density at radius 2 is 1.87 bits per heavy atom. The van der Waals surface area contributed by atoms with Crippen molar-refractivity contribution >= 4 is 16.1 Å². The average Bonchev–Trinajstić information content (AvgIpc) is 2.93. The lowest BCUT2D eigenvalue weighted by Crippen LogP contribution is -2.52. The number of aromatic amines is 1. The maximum Gasteiger partial charge on any atom is 0.317 e. The number of amides is 2. The van der Waals surface area contributed by atoms with Crippen LogP contribution in [0.2, 0.25) is 0 Å². The minimum Gasteiger partial charge on any atom is -0.331 e. The smallest absolute Gasteiger partial charge is 0.317 e. The van der Waals surface area contributed by atoms with Crippen molar-refractivity contribution in [3.8, 4) is 0 Å². The van der Waals surface area contributed by atoms with Gasteiger partial charge in [0.1, 0.15) is 5.82 Å². The summed E-state index contributed by atoms with van der Waals surface area (Å²) in [6.07, 6.45) is 1.18. The van der Waals surface area contributed by atoms with Gasteiger partial charge in [-0.25, -0.2) is 18.2 Å². The molecule has 2 heterocycles. The van der Waals surface area contributed by atoms with Gasteiger partial charge in [0.15, 0.2) is 5.82 Å². The molecule has 10 heteroatoms. The molecule has 1 aliphatic rings. The van der Waals surface area contributed by atoms with Gasteiger partial charge in [-0.05, 0) is 0 Å². The second-order valence-electron chi connectivity index (χ2n) is 6.66. The number of H-pyrrole nitrogens is 1. The second kappa shape index (κ2) is 6.44. The highest BCUT2D eigenvalue weighted by molar-refractivity contribution is 7.88. The van der Waals surface area contributed by atoms with Crippen molar-refractivity contribution in [3.63, 3.8) is 0 Å². The van der Waals surface area contributed by atoms with Gasteiger partial charge in [-0.1, -0.05) is 20.8 Å². The molecule has 23 heavy (non-hydrogen) atoms. The summed E-state index contributed by atoms with van der Waals surface area (Å²) in [6.45, 7) is 7.70. The Hall–Kier alpha value is -1.68. The van der Waals surface area contributed by atoms with Crippen molar-refractivity contribution in [1.29, 1.82) is 0 Å². The number of nitrogens with one attached hydrogen (secondary N) is 2. The molecule has 1 fully saturated rings. The Morgan fingerprint density at radius 1 is 1.26 bits per heavy atom. The maximum absolute atomic E-state index is 12.1. The summed E-state index contributed by atoms with van der Waals surface area (Å²) in [5, 5.41) is 9.73. The van der Waals surface area contributed by atoms with Crippen molar-refractivity contribution in [2.75, 3.05) is 32.4 Å². The fraction of sp³-hybridized carbons (Fsp3) is 0.769. The average molecular weight is 344 g/mol. The molecule has 0 atom stereocenters. The molecule has 130 valence electrons. The van der Waals surface area contributed by atoms with Gasteiger partial charge in [-0.2, -0.15) is 9.40 Å². The van der Waals surface area contributed by atoms with E-state index in [9.17, 15) is 13.2 Å². The van der Waals surface area contributed by atoms with E-state index in [-0.39, 0.29) is 18.0 Å². The molecule has 0 unspecified atom stereocenters. The van der Waals surface area contributed by atoms with Crippen molar-refractivity contribution in [2.45, 2.75) is 32.7 Å². The monoisotopic (exact) mass is 344 g/mol. The number of carbonyl (C=O) groups excluding carboxylic acids is 1. The van der Waals surface area contributed by atoms with Gasteiger partial charge in [0.05, 0.1) is 12.8 Å². The summed E-state index contributed by atoms with van der Waals surface area (Å²) in [4.78, 5) is 18.1. The van der Waals surface area contributed by atoms with E-state index in [1.54, 1.807) is 4.90 Å². The Kier molecular flexibility index (Phi) is 4.95. The lowest BCUT2D eigenvalue weighted by Gasteiger charge is -2.33. The van der Waals surface area contributed by atoms with E-state index in [0.29, 0.717) is 37.8 Å². The van der Waals surface area contributed by atoms with E-state index in [4.69, 9.17) is 0 Å². The molecule has 0 saturated carbocycles. The number of aromatic nitrogens is 3. The van der Waals surface area contributed by atoms with Gasteiger partial charge in [0.25, 0.3) is 0 Å². The molecular weight excluding hydrogens is 320 g/mol. The molecule has 2 amide bonds. The molecule has 0 radical (unpaired) electrons. The van der Waals surface area contributed by atoms with Gasteiger partial charge in [-0.3, -0.25) is 5.10 Å². The molecule has 0 bridgehead atoms. The van der Waals surface area contributed by atoms with Crippen LogP contribution in [-0.4, -0.2) is 71.3 Å². The lowest BCUT2D eigenvalue weighted by atomic mass is 9.96. The molecule has 1 aromatic rings. The first-order valence-corrected chi connectivity index (χ1v) is 9.32. The largest absolute Gasteiger partial charge is 0.331 e. The van der Waals surface area contributed by atoms with Crippen LogP contribution in [0.1, 0.15) is 32.4 Å². The van der Waals surface area contributed by atoms with Crippen LogP contribution in [0.4, 0.5) is 4.79 Å². The third kappa shape index (κ3) is 4.64. The zero-order valence-corrected chi connectivity index (χ0v) is 14.8. The van der Waals surface area contributed by atoms with Crippen LogP contribution >= 0.6 is 0 Å². The Bertz CT molecular complexity index is 655. The normalized spacial score (nSPS) is 17.3. The quantitative estimate of drug-likeness (QED) is 0.795. The predicted octanol–water partition coefficient (Wildman–Crippen LogP) is -0.111.